The predicted molar refractivity (Wildman–Crippen MR) is 58.3 cm³/mol. The van der Waals surface area contributed by atoms with E-state index in [1.807, 2.05) is 0 Å². The molecule has 1 fully saturated rings. The summed E-state index contributed by atoms with van der Waals surface area (Å²) in [4.78, 5) is 22.1. The van der Waals surface area contributed by atoms with Gasteiger partial charge in [0, 0.05) is 12.1 Å². The maximum absolute atomic E-state index is 11.8. The summed E-state index contributed by atoms with van der Waals surface area (Å²) in [5.74, 6) is -0.340. The summed E-state index contributed by atoms with van der Waals surface area (Å²) in [6.45, 7) is 1.70. The van der Waals surface area contributed by atoms with Gasteiger partial charge in [0.2, 0.25) is 0 Å². The molecule has 1 aliphatic carbocycles. The molecule has 1 saturated carbocycles. The Morgan fingerprint density at radius 3 is 2.75 bits per heavy atom. The molecule has 1 amide bonds. The highest BCUT2D eigenvalue weighted by Crippen LogP contribution is 2.24. The molecule has 0 atom stereocenters. The van der Waals surface area contributed by atoms with Gasteiger partial charge < -0.3 is 5.32 Å². The van der Waals surface area contributed by atoms with E-state index in [1.54, 1.807) is 19.1 Å². The van der Waals surface area contributed by atoms with Crippen LogP contribution in [0.4, 0.5) is 5.69 Å². The highest BCUT2D eigenvalue weighted by Gasteiger charge is 2.28. The van der Waals surface area contributed by atoms with Crippen molar-refractivity contribution in [3.8, 4) is 0 Å². The molecule has 16 heavy (non-hydrogen) atoms. The standard InChI is InChI=1S/C11H12N2O3/c1-7-3-2-4-9(13(15)16)10(7)11(14)12-8-5-6-8/h2-4,8H,5-6H2,1H3,(H,12,14). The normalized spacial score (nSPS) is 14.6. The fraction of sp³-hybridized carbons (Fsp3) is 0.364. The highest BCUT2D eigenvalue weighted by atomic mass is 16.6. The molecule has 84 valence electrons. The topological polar surface area (TPSA) is 72.2 Å². The van der Waals surface area contributed by atoms with Crippen LogP contribution in [0.15, 0.2) is 18.2 Å². The lowest BCUT2D eigenvalue weighted by Crippen LogP contribution is -2.26. The molecule has 2 rings (SSSR count). The van der Waals surface area contributed by atoms with Crippen LogP contribution in [0.25, 0.3) is 0 Å². The lowest BCUT2D eigenvalue weighted by Gasteiger charge is -2.06. The van der Waals surface area contributed by atoms with Gasteiger partial charge in [-0.25, -0.2) is 0 Å². The highest BCUT2D eigenvalue weighted by molar-refractivity contribution is 5.99. The summed E-state index contributed by atoms with van der Waals surface area (Å²) in [6.07, 6.45) is 1.93. The van der Waals surface area contributed by atoms with Gasteiger partial charge in [-0.15, -0.1) is 0 Å². The summed E-state index contributed by atoms with van der Waals surface area (Å²) in [5, 5.41) is 13.6. The SMILES string of the molecule is Cc1cccc([N+](=O)[O-])c1C(=O)NC1CC1. The summed E-state index contributed by atoms with van der Waals surface area (Å²) in [5.41, 5.74) is 0.685. The molecule has 1 aromatic rings. The molecule has 0 unspecified atom stereocenters. The Hall–Kier alpha value is -1.91. The minimum atomic E-state index is -0.519. The number of nitro benzene ring substituents is 1. The number of rotatable bonds is 3. The maximum atomic E-state index is 11.8. The summed E-state index contributed by atoms with van der Waals surface area (Å²) >= 11 is 0. The van der Waals surface area contributed by atoms with Crippen molar-refractivity contribution in [3.63, 3.8) is 0 Å². The molecule has 0 spiro atoms. The van der Waals surface area contributed by atoms with Gasteiger partial charge in [0.15, 0.2) is 0 Å². The van der Waals surface area contributed by atoms with Crippen molar-refractivity contribution in [3.05, 3.63) is 39.4 Å². The van der Waals surface area contributed by atoms with E-state index in [4.69, 9.17) is 0 Å². The van der Waals surface area contributed by atoms with Gasteiger partial charge in [0.1, 0.15) is 5.56 Å². The van der Waals surface area contributed by atoms with Crippen LogP contribution in [0, 0.1) is 17.0 Å². The van der Waals surface area contributed by atoms with Gasteiger partial charge in [-0.05, 0) is 25.3 Å². The van der Waals surface area contributed by atoms with E-state index in [-0.39, 0.29) is 23.2 Å². The van der Waals surface area contributed by atoms with Gasteiger partial charge >= 0.3 is 0 Å². The number of amides is 1. The zero-order chi connectivity index (χ0) is 11.7. The Kier molecular flexibility index (Phi) is 2.60. The van der Waals surface area contributed by atoms with Gasteiger partial charge in [0.25, 0.3) is 11.6 Å². The number of nitro groups is 1. The van der Waals surface area contributed by atoms with Gasteiger partial charge in [-0.3, -0.25) is 14.9 Å². The van der Waals surface area contributed by atoms with Gasteiger partial charge in [-0.1, -0.05) is 12.1 Å². The van der Waals surface area contributed by atoms with Crippen LogP contribution >= 0.6 is 0 Å². The quantitative estimate of drug-likeness (QED) is 0.623. The zero-order valence-electron chi connectivity index (χ0n) is 8.90. The molecule has 5 heteroatoms. The average Bonchev–Trinajstić information content (AvgIpc) is 3.00. The van der Waals surface area contributed by atoms with Crippen LogP contribution in [0.5, 0.6) is 0 Å². The van der Waals surface area contributed by atoms with Crippen LogP contribution in [0.2, 0.25) is 0 Å². The Labute approximate surface area is 92.6 Å². The lowest BCUT2D eigenvalue weighted by molar-refractivity contribution is -0.385. The van der Waals surface area contributed by atoms with Crippen molar-refractivity contribution in [1.82, 2.24) is 5.32 Å². The summed E-state index contributed by atoms with van der Waals surface area (Å²) < 4.78 is 0. The molecule has 0 bridgehead atoms. The van der Waals surface area contributed by atoms with Crippen molar-refractivity contribution >= 4 is 11.6 Å². The van der Waals surface area contributed by atoms with E-state index in [0.29, 0.717) is 5.56 Å². The van der Waals surface area contributed by atoms with Crippen molar-refractivity contribution in [2.24, 2.45) is 0 Å². The molecule has 0 aromatic heterocycles. The van der Waals surface area contributed by atoms with E-state index in [1.165, 1.54) is 6.07 Å². The third-order valence-electron chi connectivity index (χ3n) is 2.59. The monoisotopic (exact) mass is 220 g/mol. The van der Waals surface area contributed by atoms with Crippen LogP contribution < -0.4 is 5.32 Å². The second kappa shape index (κ2) is 3.92. The number of hydrogen-bond acceptors (Lipinski definition) is 3. The third kappa shape index (κ3) is 2.03. The van der Waals surface area contributed by atoms with E-state index in [0.717, 1.165) is 12.8 Å². The third-order valence-corrected chi connectivity index (χ3v) is 2.59. The minimum Gasteiger partial charge on any atom is -0.349 e. The Bertz CT molecular complexity index is 453. The zero-order valence-corrected chi connectivity index (χ0v) is 8.90. The minimum absolute atomic E-state index is 0.127. The van der Waals surface area contributed by atoms with Gasteiger partial charge in [-0.2, -0.15) is 0 Å². The van der Waals surface area contributed by atoms with Crippen molar-refractivity contribution in [1.29, 1.82) is 0 Å². The summed E-state index contributed by atoms with van der Waals surface area (Å²) in [6, 6.07) is 4.84. The maximum Gasteiger partial charge on any atom is 0.282 e. The fourth-order valence-corrected chi connectivity index (χ4v) is 1.59. The number of nitrogens with zero attached hydrogens (tertiary/aromatic N) is 1. The molecule has 0 aliphatic heterocycles. The van der Waals surface area contributed by atoms with E-state index >= 15 is 0 Å². The van der Waals surface area contributed by atoms with E-state index in [9.17, 15) is 14.9 Å². The molecule has 1 aliphatic rings. The molecule has 1 aromatic carbocycles. The first kappa shape index (κ1) is 10.6. The molecular weight excluding hydrogens is 208 g/mol. The Morgan fingerprint density at radius 2 is 2.19 bits per heavy atom. The van der Waals surface area contributed by atoms with Crippen LogP contribution in [-0.4, -0.2) is 16.9 Å². The smallest absolute Gasteiger partial charge is 0.282 e. The van der Waals surface area contributed by atoms with Crippen molar-refractivity contribution in [2.45, 2.75) is 25.8 Å². The number of benzene rings is 1. The Balaban J connectivity index is 2.35. The number of nitrogens with one attached hydrogen (secondary N) is 1. The molecule has 1 N–H and O–H groups in total. The largest absolute Gasteiger partial charge is 0.349 e. The Morgan fingerprint density at radius 1 is 1.50 bits per heavy atom. The molecule has 5 nitrogen and oxygen atoms in total. The van der Waals surface area contributed by atoms with Crippen molar-refractivity contribution < 1.29 is 9.72 Å². The lowest BCUT2D eigenvalue weighted by atomic mass is 10.1. The van der Waals surface area contributed by atoms with Crippen molar-refractivity contribution in [2.75, 3.05) is 0 Å². The second-order valence-corrected chi connectivity index (χ2v) is 3.97. The average molecular weight is 220 g/mol. The van der Waals surface area contributed by atoms with Crippen LogP contribution in [0.3, 0.4) is 0 Å². The molecule has 0 radical (unpaired) electrons. The molecular formula is C11H12N2O3. The number of hydrogen-bond donors (Lipinski definition) is 1. The second-order valence-electron chi connectivity index (χ2n) is 3.97. The fourth-order valence-electron chi connectivity index (χ4n) is 1.59. The summed E-state index contributed by atoms with van der Waals surface area (Å²) in [7, 11) is 0. The number of aryl methyl sites for hydroxylation is 1. The van der Waals surface area contributed by atoms with E-state index in [2.05, 4.69) is 5.32 Å². The number of carbonyl (C=O) groups is 1. The number of carbonyl (C=O) groups excluding carboxylic acids is 1. The predicted octanol–water partition coefficient (Wildman–Crippen LogP) is 1.80. The van der Waals surface area contributed by atoms with Gasteiger partial charge in [0.05, 0.1) is 4.92 Å². The van der Waals surface area contributed by atoms with E-state index < -0.39 is 4.92 Å². The molecule has 0 saturated heterocycles. The van der Waals surface area contributed by atoms with Crippen LogP contribution in [0.1, 0.15) is 28.8 Å². The van der Waals surface area contributed by atoms with Crippen LogP contribution in [-0.2, 0) is 0 Å². The first-order chi connectivity index (χ1) is 7.59. The first-order valence-electron chi connectivity index (χ1n) is 5.14. The molecule has 0 heterocycles. The first-order valence-corrected chi connectivity index (χ1v) is 5.14.